The lowest BCUT2D eigenvalue weighted by Gasteiger charge is -2.46. The predicted octanol–water partition coefficient (Wildman–Crippen LogP) is 5.29. The van der Waals surface area contributed by atoms with Crippen molar-refractivity contribution in [3.8, 4) is 23.0 Å². The smallest absolute Gasteiger partial charge is 0.319 e. The van der Waals surface area contributed by atoms with Crippen LogP contribution in [-0.4, -0.2) is 81.4 Å². The first-order valence-electron chi connectivity index (χ1n) is 17.2. The minimum absolute atomic E-state index is 0.00184. The van der Waals surface area contributed by atoms with E-state index in [4.69, 9.17) is 10.2 Å². The maximum atomic E-state index is 17.0. The number of hydrogen-bond acceptors (Lipinski definition) is 8. The zero-order chi connectivity index (χ0) is 33.7. The average molecular weight is 609 g/mol. The van der Waals surface area contributed by atoms with Crippen LogP contribution in [0.2, 0.25) is 0 Å². The van der Waals surface area contributed by atoms with E-state index in [9.17, 15) is 13.9 Å². The van der Waals surface area contributed by atoms with Crippen molar-refractivity contribution in [2.24, 2.45) is 0 Å². The van der Waals surface area contributed by atoms with Crippen LogP contribution in [0.15, 0.2) is 30.5 Å². The molecule has 0 radical (unpaired) electrons. The van der Waals surface area contributed by atoms with Gasteiger partial charge in [0.05, 0.1) is 13.7 Å². The number of halogens is 3. The van der Waals surface area contributed by atoms with E-state index in [2.05, 4.69) is 20.3 Å². The summed E-state index contributed by atoms with van der Waals surface area (Å²) < 4.78 is 87.6. The van der Waals surface area contributed by atoms with Gasteiger partial charge in [0.15, 0.2) is 5.82 Å². The van der Waals surface area contributed by atoms with Crippen LogP contribution < -0.4 is 15.0 Å². The minimum atomic E-state index is -2.65. The Kier molecular flexibility index (Phi) is 5.61. The van der Waals surface area contributed by atoms with Gasteiger partial charge in [-0.2, -0.15) is 9.97 Å². The molecule has 2 bridgehead atoms. The lowest BCUT2D eigenvalue weighted by Crippen LogP contribution is -2.61. The molecular weight excluding hydrogens is 569 g/mol. The van der Waals surface area contributed by atoms with Gasteiger partial charge >= 0.3 is 6.01 Å². The molecule has 7 heterocycles. The number of nitrogens with one attached hydrogen (secondary N) is 1. The topological polar surface area (TPSA) is 86.6 Å². The summed E-state index contributed by atoms with van der Waals surface area (Å²) in [4.78, 5) is 16.8. The molecule has 2 aromatic heterocycles. The van der Waals surface area contributed by atoms with Gasteiger partial charge in [0.1, 0.15) is 41.3 Å². The fraction of sp³-hybridized carbons (Fsp3) is 0.485. The number of aryl methyl sites for hydroxylation is 1. The van der Waals surface area contributed by atoms with E-state index in [1.807, 2.05) is 4.90 Å². The number of benzene rings is 2. The van der Waals surface area contributed by atoms with E-state index in [-0.39, 0.29) is 65.8 Å². The molecule has 2 unspecified atom stereocenters. The number of anilines is 1. The second-order valence-electron chi connectivity index (χ2n) is 12.3. The molecule has 2 aromatic carbocycles. The number of piperazine rings is 1. The number of phenolic OH excluding ortho intramolecular Hbond substituents is 1. The lowest BCUT2D eigenvalue weighted by atomic mass is 9.92. The van der Waals surface area contributed by atoms with Gasteiger partial charge in [-0.15, -0.1) is 0 Å². The minimum Gasteiger partial charge on any atom is -0.508 e. The second kappa shape index (κ2) is 10.4. The quantitative estimate of drug-likeness (QED) is 0.306. The molecule has 44 heavy (non-hydrogen) atoms. The molecule has 8 nitrogen and oxygen atoms in total. The van der Waals surface area contributed by atoms with E-state index >= 15 is 4.39 Å². The summed E-state index contributed by atoms with van der Waals surface area (Å²) in [6.07, 6.45) is 1.84. The molecule has 230 valence electrons. The molecule has 2 N–H and O–H groups in total. The number of aromatic hydroxyl groups is 1. The molecule has 5 aliphatic heterocycles. The molecule has 4 aromatic rings. The summed E-state index contributed by atoms with van der Waals surface area (Å²) in [5.41, 5.74) is -1.51. The fourth-order valence-electron chi connectivity index (χ4n) is 7.53. The Bertz CT molecular complexity index is 1960. The normalized spacial score (nSPS) is 29.5. The summed E-state index contributed by atoms with van der Waals surface area (Å²) in [5.74, 6) is -1.21. The number of nitrogens with zero attached hydrogens (tertiary/aromatic N) is 5. The van der Waals surface area contributed by atoms with Crippen LogP contribution in [0.3, 0.4) is 0 Å². The first-order valence-corrected chi connectivity index (χ1v) is 15.2. The van der Waals surface area contributed by atoms with Gasteiger partial charge in [0.25, 0.3) is 0 Å². The van der Waals surface area contributed by atoms with Crippen molar-refractivity contribution in [2.45, 2.75) is 69.2 Å². The van der Waals surface area contributed by atoms with Gasteiger partial charge in [-0.1, -0.05) is 13.0 Å². The first kappa shape index (κ1) is 23.7. The number of hydrogen-bond donors (Lipinski definition) is 2. The largest absolute Gasteiger partial charge is 0.508 e. The summed E-state index contributed by atoms with van der Waals surface area (Å²) >= 11 is 0. The van der Waals surface area contributed by atoms with Crippen molar-refractivity contribution >= 4 is 27.5 Å². The Balaban J connectivity index is 1.31. The third kappa shape index (κ3) is 4.38. The van der Waals surface area contributed by atoms with E-state index in [1.165, 1.54) is 35.4 Å². The van der Waals surface area contributed by atoms with Gasteiger partial charge in [-0.25, -0.2) is 13.2 Å². The average Bonchev–Trinajstić information content (AvgIpc) is 3.55. The molecule has 5 aliphatic rings. The summed E-state index contributed by atoms with van der Waals surface area (Å²) in [6, 6.07) is 5.34. The van der Waals surface area contributed by atoms with Crippen molar-refractivity contribution < 1.29 is 28.5 Å². The molecule has 5 saturated heterocycles. The van der Waals surface area contributed by atoms with E-state index in [0.717, 1.165) is 12.8 Å². The summed E-state index contributed by atoms with van der Waals surface area (Å²) in [5, 5.41) is 15.2. The van der Waals surface area contributed by atoms with Crippen molar-refractivity contribution in [3.05, 3.63) is 47.7 Å². The first-order chi connectivity index (χ1) is 22.8. The van der Waals surface area contributed by atoms with Gasteiger partial charge in [0, 0.05) is 52.6 Å². The molecule has 0 aliphatic carbocycles. The van der Waals surface area contributed by atoms with Crippen molar-refractivity contribution in [3.63, 3.8) is 0 Å². The highest BCUT2D eigenvalue weighted by Gasteiger charge is 2.49. The van der Waals surface area contributed by atoms with Gasteiger partial charge in [-0.3, -0.25) is 9.88 Å². The fourth-order valence-corrected chi connectivity index (χ4v) is 7.53. The molecule has 0 spiro atoms. The maximum Gasteiger partial charge on any atom is 0.319 e. The summed E-state index contributed by atoms with van der Waals surface area (Å²) in [7, 11) is 0. The van der Waals surface area contributed by atoms with Crippen LogP contribution in [0.5, 0.6) is 11.8 Å². The summed E-state index contributed by atoms with van der Waals surface area (Å²) in [6.45, 7) is -1.83. The Morgan fingerprint density at radius 1 is 1.23 bits per heavy atom. The highest BCUT2D eigenvalue weighted by atomic mass is 19.1. The van der Waals surface area contributed by atoms with E-state index in [1.54, 1.807) is 6.92 Å². The number of ether oxygens (including phenoxy) is 1. The monoisotopic (exact) mass is 608 g/mol. The Hall–Kier alpha value is -3.70. The van der Waals surface area contributed by atoms with Crippen LogP contribution in [0.4, 0.5) is 19.0 Å². The molecule has 11 heteroatoms. The number of piperidine rings is 2. The van der Waals surface area contributed by atoms with E-state index in [0.29, 0.717) is 41.7 Å². The van der Waals surface area contributed by atoms with Crippen LogP contribution in [-0.2, 0) is 6.42 Å². The van der Waals surface area contributed by atoms with Gasteiger partial charge in [0.2, 0.25) is 0 Å². The van der Waals surface area contributed by atoms with Crippen LogP contribution in [0, 0.1) is 11.6 Å². The highest BCUT2D eigenvalue weighted by Crippen LogP contribution is 2.42. The SMILES string of the molecule is [2H]C1([2H])CC[C@]2(C([2H])([2H])Oc3nc(N4CC5CCC4CN5)c4cnc(-c5cc(O)cc6ccc(F)c(CC)c56)c(F)c4n3)C[C@H](F)CN12. The maximum absolute atomic E-state index is 17.0. The lowest BCUT2D eigenvalue weighted by molar-refractivity contribution is 0.107. The number of aromatic nitrogens is 3. The predicted molar refractivity (Wildman–Crippen MR) is 162 cm³/mol. The van der Waals surface area contributed by atoms with Crippen molar-refractivity contribution in [1.29, 1.82) is 0 Å². The molecule has 9 rings (SSSR count). The molecule has 0 saturated carbocycles. The number of fused-ring (bicyclic) bond motifs is 6. The van der Waals surface area contributed by atoms with Crippen LogP contribution in [0.25, 0.3) is 32.9 Å². The van der Waals surface area contributed by atoms with E-state index < -0.39 is 42.4 Å². The second-order valence-corrected chi connectivity index (χ2v) is 12.3. The van der Waals surface area contributed by atoms with Gasteiger partial charge < -0.3 is 20.1 Å². The number of alkyl halides is 1. The van der Waals surface area contributed by atoms with Gasteiger partial charge in [-0.05, 0) is 73.1 Å². The Labute approximate surface area is 258 Å². The molecule has 4 atom stereocenters. The molecule has 0 amide bonds. The van der Waals surface area contributed by atoms with Crippen molar-refractivity contribution in [2.75, 3.05) is 37.6 Å². The number of rotatable bonds is 6. The van der Waals surface area contributed by atoms with Crippen LogP contribution in [0.1, 0.15) is 50.1 Å². The van der Waals surface area contributed by atoms with Crippen LogP contribution >= 0.6 is 0 Å². The molecular formula is C33H35F3N6O2. The Morgan fingerprint density at radius 2 is 2.11 bits per heavy atom. The number of pyridine rings is 1. The highest BCUT2D eigenvalue weighted by molar-refractivity contribution is 6.01. The number of phenols is 1. The third-order valence-electron chi connectivity index (χ3n) is 9.66. The Morgan fingerprint density at radius 3 is 2.89 bits per heavy atom. The zero-order valence-corrected chi connectivity index (χ0v) is 24.2. The zero-order valence-electron chi connectivity index (χ0n) is 28.2. The van der Waals surface area contributed by atoms with Crippen molar-refractivity contribution in [1.82, 2.24) is 25.2 Å². The third-order valence-corrected chi connectivity index (χ3v) is 9.66. The molecule has 5 fully saturated rings. The standard InChI is InChI=1S/C33H35F3N6O2/c1-2-23-26(35)7-4-18-10-22(43)11-24(27(18)23)29-28(36)30-25(14-38-29)31(42-16-20-5-6-21(42)13-37-20)40-32(39-30)44-17-33-8-3-9-41(33)15-19(34)12-33/h4,7,10-11,14,19-21,37,43H,2-3,5-6,8-9,12-13,15-17H2,1H3/t19-,20?,21?,33+/m0/s1/i9D2,17D2.